The molecule has 12 rings (SSSR count). The van der Waals surface area contributed by atoms with Crippen molar-refractivity contribution in [2.45, 2.75) is 102 Å². The molecule has 66 heavy (non-hydrogen) atoms. The third kappa shape index (κ3) is 7.25. The van der Waals surface area contributed by atoms with Crippen LogP contribution in [0.4, 0.5) is 17.1 Å². The van der Waals surface area contributed by atoms with Gasteiger partial charge >= 0.3 is 0 Å². The van der Waals surface area contributed by atoms with E-state index in [1.54, 1.807) is 11.1 Å². The number of fused-ring (bicyclic) bond motifs is 6. The molecule has 2 heterocycles. The Bertz CT molecular complexity index is 3060. The number of aromatic nitrogens is 1. The third-order valence-electron chi connectivity index (χ3n) is 15.8. The summed E-state index contributed by atoms with van der Waals surface area (Å²) in [6, 6.07) is 39.1. The van der Waals surface area contributed by atoms with E-state index in [1.807, 2.05) is 0 Å². The van der Waals surface area contributed by atoms with Gasteiger partial charge in [0.25, 0.3) is 0 Å². The summed E-state index contributed by atoms with van der Waals surface area (Å²) in [5.41, 5.74) is 16.6. The Balaban J connectivity index is 0.851. The lowest BCUT2D eigenvalue weighted by molar-refractivity contribution is 0.334. The van der Waals surface area contributed by atoms with E-state index in [0.717, 1.165) is 83.5 Å². The highest BCUT2D eigenvalue weighted by Gasteiger charge is 2.46. The Morgan fingerprint density at radius 2 is 1.45 bits per heavy atom. The molecule has 6 aliphatic carbocycles. The van der Waals surface area contributed by atoms with Gasteiger partial charge in [-0.2, -0.15) is 0 Å². The zero-order valence-electron chi connectivity index (χ0n) is 38.4. The highest BCUT2D eigenvalue weighted by Crippen LogP contribution is 2.51. The van der Waals surface area contributed by atoms with Crippen LogP contribution >= 0.6 is 0 Å². The van der Waals surface area contributed by atoms with Crippen LogP contribution in [-0.2, 0) is 0 Å². The Hall–Kier alpha value is -6.70. The van der Waals surface area contributed by atoms with Crippen LogP contribution in [0.25, 0.3) is 27.5 Å². The van der Waals surface area contributed by atoms with Crippen molar-refractivity contribution in [1.82, 2.24) is 9.47 Å². The largest absolute Gasteiger partial charge is 0.361 e. The van der Waals surface area contributed by atoms with Crippen molar-refractivity contribution >= 4 is 44.6 Å². The van der Waals surface area contributed by atoms with Gasteiger partial charge in [-0.15, -0.1) is 11.8 Å². The van der Waals surface area contributed by atoms with Gasteiger partial charge < -0.3 is 19.3 Å². The van der Waals surface area contributed by atoms with E-state index in [9.17, 15) is 0 Å². The Morgan fingerprint density at radius 3 is 2.24 bits per heavy atom. The zero-order valence-corrected chi connectivity index (χ0v) is 38.4. The summed E-state index contributed by atoms with van der Waals surface area (Å²) in [6.45, 7) is 2.53. The first-order valence-electron chi connectivity index (χ1n) is 24.8. The molecule has 328 valence electrons. The summed E-state index contributed by atoms with van der Waals surface area (Å²) in [5.74, 6) is 7.51. The van der Waals surface area contributed by atoms with Crippen molar-refractivity contribution in [1.29, 1.82) is 0 Å². The molecular formula is C62H60N4. The standard InChI is InChI=1S/C62H60N4/c1-62(41-39-51(40-42-62)64(47-21-9-3-10-22-47)53-36-38-57-55-28-17-18-30-59(55)66(61(57)44-53)49-25-13-5-14-26-49)45-31-33-50(34-32-45)63(46-19-7-2-8-20-46)52-35-37-56-54-27-15-6-16-29-58(54)65(60(56)43-52)48-23-11-4-12-24-48/h2-4,7,9-13,17-19,21-26,28,30-31,33,35-39,44,54,58,60H,5,8,14,16,20,27,29,32,34,40-43H2,1H3. The van der Waals surface area contributed by atoms with Crippen LogP contribution in [0.15, 0.2) is 204 Å². The summed E-state index contributed by atoms with van der Waals surface area (Å²) in [4.78, 5) is 7.99. The van der Waals surface area contributed by atoms with Gasteiger partial charge in [0.2, 0.25) is 0 Å². The molecule has 0 radical (unpaired) electrons. The lowest BCUT2D eigenvalue weighted by Gasteiger charge is -2.42. The molecule has 0 saturated carbocycles. The number of hydrogen-bond donors (Lipinski definition) is 0. The lowest BCUT2D eigenvalue weighted by Crippen LogP contribution is -2.39. The molecule has 0 N–H and O–H groups in total. The maximum absolute atomic E-state index is 3.55. The van der Waals surface area contributed by atoms with Crippen LogP contribution in [0.3, 0.4) is 0 Å². The van der Waals surface area contributed by atoms with Crippen LogP contribution in [0, 0.1) is 23.2 Å². The molecule has 1 aromatic heterocycles. The predicted molar refractivity (Wildman–Crippen MR) is 277 cm³/mol. The first-order chi connectivity index (χ1) is 32.6. The highest BCUT2D eigenvalue weighted by atomic mass is 15.2. The fraction of sp³-hybridized carbons (Fsp3) is 0.290. The van der Waals surface area contributed by atoms with Crippen LogP contribution in [-0.4, -0.2) is 21.6 Å². The van der Waals surface area contributed by atoms with Crippen molar-refractivity contribution in [3.8, 4) is 11.8 Å². The van der Waals surface area contributed by atoms with Crippen molar-refractivity contribution in [2.75, 3.05) is 9.80 Å². The molecule has 1 saturated heterocycles. The Kier molecular flexibility index (Phi) is 10.7. The Morgan fingerprint density at radius 1 is 0.636 bits per heavy atom. The summed E-state index contributed by atoms with van der Waals surface area (Å²) in [5, 5.41) is 2.61. The fourth-order valence-electron chi connectivity index (χ4n) is 12.5. The molecule has 1 aliphatic heterocycles. The number of anilines is 3. The monoisotopic (exact) mass is 860 g/mol. The second-order valence-electron chi connectivity index (χ2n) is 19.7. The van der Waals surface area contributed by atoms with E-state index in [0.29, 0.717) is 18.0 Å². The van der Waals surface area contributed by atoms with E-state index in [-0.39, 0.29) is 5.41 Å². The fourth-order valence-corrected chi connectivity index (χ4v) is 12.5. The van der Waals surface area contributed by atoms with E-state index >= 15 is 0 Å². The van der Waals surface area contributed by atoms with Gasteiger partial charge in [-0.1, -0.05) is 116 Å². The molecule has 0 spiro atoms. The summed E-state index contributed by atoms with van der Waals surface area (Å²) >= 11 is 0. The second kappa shape index (κ2) is 17.3. The molecule has 0 bridgehead atoms. The molecule has 7 aliphatic rings. The van der Waals surface area contributed by atoms with Gasteiger partial charge in [-0.25, -0.2) is 0 Å². The molecule has 4 heteroatoms. The predicted octanol–water partition coefficient (Wildman–Crippen LogP) is 15.6. The van der Waals surface area contributed by atoms with Gasteiger partial charge in [0.15, 0.2) is 0 Å². The number of para-hydroxylation sites is 3. The first kappa shape index (κ1) is 40.8. The van der Waals surface area contributed by atoms with E-state index in [1.165, 1.54) is 67.4 Å². The average Bonchev–Trinajstić information content (AvgIpc) is 3.75. The van der Waals surface area contributed by atoms with Crippen LogP contribution in [0.5, 0.6) is 0 Å². The number of nitrogens with zero attached hydrogens (tertiary/aromatic N) is 4. The quantitative estimate of drug-likeness (QED) is 0.137. The molecule has 4 nitrogen and oxygen atoms in total. The van der Waals surface area contributed by atoms with Crippen molar-refractivity contribution < 1.29 is 0 Å². The summed E-state index contributed by atoms with van der Waals surface area (Å²) in [6.07, 6.45) is 40.3. The maximum Gasteiger partial charge on any atom is 0.0567 e. The molecular weight excluding hydrogens is 801 g/mol. The summed E-state index contributed by atoms with van der Waals surface area (Å²) in [7, 11) is 0. The van der Waals surface area contributed by atoms with Gasteiger partial charge in [-0.05, 0) is 142 Å². The van der Waals surface area contributed by atoms with Crippen molar-refractivity contribution in [3.05, 3.63) is 204 Å². The van der Waals surface area contributed by atoms with Gasteiger partial charge in [0.05, 0.1) is 17.1 Å². The minimum atomic E-state index is 0.113. The smallest absolute Gasteiger partial charge is 0.0567 e. The lowest BCUT2D eigenvalue weighted by atomic mass is 9.69. The van der Waals surface area contributed by atoms with Crippen LogP contribution in [0.2, 0.25) is 0 Å². The van der Waals surface area contributed by atoms with Crippen LogP contribution in [0.1, 0.15) is 90.4 Å². The molecule has 0 amide bonds. The van der Waals surface area contributed by atoms with E-state index < -0.39 is 0 Å². The maximum atomic E-state index is 3.55. The van der Waals surface area contributed by atoms with Gasteiger partial charge in [0.1, 0.15) is 0 Å². The molecule has 1 fully saturated rings. The topological polar surface area (TPSA) is 14.7 Å². The minimum Gasteiger partial charge on any atom is -0.361 e. The molecule has 4 unspecified atom stereocenters. The zero-order chi connectivity index (χ0) is 44.0. The van der Waals surface area contributed by atoms with Crippen LogP contribution < -0.4 is 9.80 Å². The second-order valence-corrected chi connectivity index (χ2v) is 19.7. The molecule has 4 aromatic carbocycles. The van der Waals surface area contributed by atoms with Crippen molar-refractivity contribution in [3.63, 3.8) is 0 Å². The first-order valence-corrected chi connectivity index (χ1v) is 24.8. The normalized spacial score (nSPS) is 24.7. The number of allylic oxidation sites excluding steroid dienone is 16. The number of rotatable bonds is 9. The van der Waals surface area contributed by atoms with Crippen molar-refractivity contribution in [2.24, 2.45) is 11.3 Å². The molecule has 4 atom stereocenters. The number of benzene rings is 4. The highest BCUT2D eigenvalue weighted by molar-refractivity contribution is 6.11. The SMILES string of the molecule is CC1(C2=CC=C(N(C3=CC=CCC3)C3=CC=C4C5CC#CCCC5N(c5ccccc5)C4C3)CC2)CC=C(N(c2ccccc2)c2ccc3c4ccccc4n(C4=CCCC=C4)c3c2)CC1. The van der Waals surface area contributed by atoms with E-state index in [2.05, 4.69) is 208 Å². The number of hydrogen-bond acceptors (Lipinski definition) is 3. The van der Waals surface area contributed by atoms with Gasteiger partial charge in [0, 0.05) is 87.5 Å². The van der Waals surface area contributed by atoms with Gasteiger partial charge in [-0.3, -0.25) is 0 Å². The molecule has 5 aromatic rings. The minimum absolute atomic E-state index is 0.113. The third-order valence-corrected chi connectivity index (χ3v) is 15.8. The summed E-state index contributed by atoms with van der Waals surface area (Å²) < 4.78 is 2.48. The Labute approximate surface area is 391 Å². The van der Waals surface area contributed by atoms with E-state index in [4.69, 9.17) is 0 Å². The average molecular weight is 861 g/mol.